The Labute approximate surface area is 109 Å². The Morgan fingerprint density at radius 3 is 2.68 bits per heavy atom. The third-order valence-electron chi connectivity index (χ3n) is 2.81. The molecule has 0 spiro atoms. The van der Waals surface area contributed by atoms with Crippen LogP contribution in [0.2, 0.25) is 0 Å². The molecule has 0 radical (unpaired) electrons. The van der Waals surface area contributed by atoms with E-state index in [2.05, 4.69) is 5.32 Å². The Morgan fingerprint density at radius 2 is 2.00 bits per heavy atom. The van der Waals surface area contributed by atoms with Crippen molar-refractivity contribution in [1.29, 1.82) is 0 Å². The molecule has 0 aliphatic carbocycles. The molecule has 0 aromatic heterocycles. The first-order valence-corrected chi connectivity index (χ1v) is 5.64. The van der Waals surface area contributed by atoms with Gasteiger partial charge >= 0.3 is 5.97 Å². The van der Waals surface area contributed by atoms with Gasteiger partial charge in [0.05, 0.1) is 11.3 Å². The number of benzene rings is 2. The second-order valence-corrected chi connectivity index (χ2v) is 4.15. The largest absolute Gasteiger partial charge is 0.478 e. The summed E-state index contributed by atoms with van der Waals surface area (Å²) < 4.78 is 13.4. The minimum absolute atomic E-state index is 0.0814. The predicted octanol–water partition coefficient (Wildman–Crippen LogP) is 3.16. The Hall–Kier alpha value is -2.56. The number of rotatable bonds is 3. The quantitative estimate of drug-likeness (QED) is 0.741. The average molecular weight is 260 g/mol. The molecule has 0 saturated carbocycles. The normalized spacial score (nSPS) is 10.2. The summed E-state index contributed by atoms with van der Waals surface area (Å²) in [6.07, 6.45) is 0. The average Bonchev–Trinajstić information content (AvgIpc) is 2.35. The summed E-state index contributed by atoms with van der Waals surface area (Å²) in [4.78, 5) is 11.1. The van der Waals surface area contributed by atoms with Crippen LogP contribution in [-0.2, 0) is 0 Å². The molecule has 0 bridgehead atoms. The molecule has 5 heteroatoms. The van der Waals surface area contributed by atoms with Gasteiger partial charge < -0.3 is 16.2 Å². The van der Waals surface area contributed by atoms with Gasteiger partial charge in [0.15, 0.2) is 0 Å². The minimum Gasteiger partial charge on any atom is -0.478 e. The summed E-state index contributed by atoms with van der Waals surface area (Å²) in [6, 6.07) is 9.00. The Bertz CT molecular complexity index is 641. The number of nitrogens with two attached hydrogens (primary N) is 1. The van der Waals surface area contributed by atoms with Crippen LogP contribution in [0.3, 0.4) is 0 Å². The van der Waals surface area contributed by atoms with Crippen LogP contribution in [0.4, 0.5) is 21.5 Å². The van der Waals surface area contributed by atoms with E-state index in [1.54, 1.807) is 19.1 Å². The SMILES string of the molecule is Cc1c(F)cccc1Nc1cc(N)ccc1C(=O)O. The second-order valence-electron chi connectivity index (χ2n) is 4.15. The molecule has 0 amide bonds. The summed E-state index contributed by atoms with van der Waals surface area (Å²) in [5, 5.41) is 12.0. The maximum Gasteiger partial charge on any atom is 0.337 e. The zero-order valence-electron chi connectivity index (χ0n) is 10.3. The van der Waals surface area contributed by atoms with Crippen LogP contribution < -0.4 is 11.1 Å². The van der Waals surface area contributed by atoms with E-state index >= 15 is 0 Å². The van der Waals surface area contributed by atoms with E-state index in [-0.39, 0.29) is 11.4 Å². The van der Waals surface area contributed by atoms with Gasteiger partial charge in [-0.15, -0.1) is 0 Å². The van der Waals surface area contributed by atoms with E-state index in [0.29, 0.717) is 22.6 Å². The zero-order valence-corrected chi connectivity index (χ0v) is 10.3. The summed E-state index contributed by atoms with van der Waals surface area (Å²) in [5.74, 6) is -1.43. The van der Waals surface area contributed by atoms with E-state index in [0.717, 1.165) is 0 Å². The highest BCUT2D eigenvalue weighted by atomic mass is 19.1. The number of hydrogen-bond acceptors (Lipinski definition) is 3. The monoisotopic (exact) mass is 260 g/mol. The number of aromatic carboxylic acids is 1. The fourth-order valence-corrected chi connectivity index (χ4v) is 1.74. The fraction of sp³-hybridized carbons (Fsp3) is 0.0714. The lowest BCUT2D eigenvalue weighted by molar-refractivity contribution is 0.0698. The van der Waals surface area contributed by atoms with Crippen molar-refractivity contribution in [2.45, 2.75) is 6.92 Å². The van der Waals surface area contributed by atoms with Crippen molar-refractivity contribution in [3.63, 3.8) is 0 Å². The molecule has 0 aliphatic rings. The van der Waals surface area contributed by atoms with Gasteiger partial charge in [0.2, 0.25) is 0 Å². The molecule has 4 N–H and O–H groups in total. The van der Waals surface area contributed by atoms with Gasteiger partial charge in [-0.05, 0) is 37.3 Å². The molecule has 0 saturated heterocycles. The predicted molar refractivity (Wildman–Crippen MR) is 72.2 cm³/mol. The summed E-state index contributed by atoms with van der Waals surface area (Å²) in [7, 11) is 0. The third-order valence-corrected chi connectivity index (χ3v) is 2.81. The van der Waals surface area contributed by atoms with Crippen LogP contribution in [0.5, 0.6) is 0 Å². The van der Waals surface area contributed by atoms with Crippen molar-refractivity contribution in [2.75, 3.05) is 11.1 Å². The molecule has 98 valence electrons. The molecule has 0 atom stereocenters. The summed E-state index contributed by atoms with van der Waals surface area (Å²) in [6.45, 7) is 1.62. The number of carbonyl (C=O) groups is 1. The van der Waals surface area contributed by atoms with E-state index in [1.165, 1.54) is 24.3 Å². The van der Waals surface area contributed by atoms with Gasteiger partial charge in [0.1, 0.15) is 5.82 Å². The van der Waals surface area contributed by atoms with E-state index in [9.17, 15) is 9.18 Å². The molecular formula is C14H13FN2O2. The molecule has 2 rings (SSSR count). The number of nitrogen functional groups attached to an aromatic ring is 1. The van der Waals surface area contributed by atoms with Crippen molar-refractivity contribution >= 4 is 23.0 Å². The highest BCUT2D eigenvalue weighted by Gasteiger charge is 2.12. The Kier molecular flexibility index (Phi) is 3.37. The molecule has 2 aromatic carbocycles. The maximum absolute atomic E-state index is 13.4. The van der Waals surface area contributed by atoms with Gasteiger partial charge in [-0.25, -0.2) is 9.18 Å². The van der Waals surface area contributed by atoms with Gasteiger partial charge in [-0.2, -0.15) is 0 Å². The first-order valence-electron chi connectivity index (χ1n) is 5.64. The smallest absolute Gasteiger partial charge is 0.337 e. The molecule has 4 nitrogen and oxygen atoms in total. The summed E-state index contributed by atoms with van der Waals surface area (Å²) in [5.41, 5.74) is 7.42. The highest BCUT2D eigenvalue weighted by molar-refractivity contribution is 5.96. The molecule has 2 aromatic rings. The van der Waals surface area contributed by atoms with Crippen molar-refractivity contribution in [1.82, 2.24) is 0 Å². The molecule has 0 aliphatic heterocycles. The number of nitrogens with one attached hydrogen (secondary N) is 1. The minimum atomic E-state index is -1.07. The van der Waals surface area contributed by atoms with Crippen molar-refractivity contribution < 1.29 is 14.3 Å². The van der Waals surface area contributed by atoms with Crippen LogP contribution in [0.25, 0.3) is 0 Å². The van der Waals surface area contributed by atoms with Gasteiger partial charge in [0, 0.05) is 16.9 Å². The van der Waals surface area contributed by atoms with Crippen LogP contribution in [0.15, 0.2) is 36.4 Å². The molecule has 0 fully saturated rings. The molecule has 0 heterocycles. The van der Waals surface area contributed by atoms with Crippen LogP contribution >= 0.6 is 0 Å². The lowest BCUT2D eigenvalue weighted by atomic mass is 10.1. The number of hydrogen-bond donors (Lipinski definition) is 3. The summed E-state index contributed by atoms with van der Waals surface area (Å²) >= 11 is 0. The molecular weight excluding hydrogens is 247 g/mol. The lowest BCUT2D eigenvalue weighted by Gasteiger charge is -2.13. The Morgan fingerprint density at radius 1 is 1.26 bits per heavy atom. The number of halogens is 1. The Balaban J connectivity index is 2.45. The number of carboxylic acid groups (broad SMARTS) is 1. The maximum atomic E-state index is 13.4. The van der Waals surface area contributed by atoms with E-state index < -0.39 is 5.97 Å². The van der Waals surface area contributed by atoms with Crippen LogP contribution in [0, 0.1) is 12.7 Å². The molecule has 0 unspecified atom stereocenters. The topological polar surface area (TPSA) is 75.3 Å². The van der Waals surface area contributed by atoms with E-state index in [1.807, 2.05) is 0 Å². The van der Waals surface area contributed by atoms with Gasteiger partial charge in [-0.3, -0.25) is 0 Å². The van der Waals surface area contributed by atoms with Crippen LogP contribution in [-0.4, -0.2) is 11.1 Å². The van der Waals surface area contributed by atoms with E-state index in [4.69, 9.17) is 10.8 Å². The van der Waals surface area contributed by atoms with Crippen molar-refractivity contribution in [3.8, 4) is 0 Å². The third kappa shape index (κ3) is 2.65. The fourth-order valence-electron chi connectivity index (χ4n) is 1.74. The standard InChI is InChI=1S/C14H13FN2O2/c1-8-11(15)3-2-4-12(8)17-13-7-9(16)5-6-10(13)14(18)19/h2-7,17H,16H2,1H3,(H,18,19). The highest BCUT2D eigenvalue weighted by Crippen LogP contribution is 2.26. The first kappa shape index (κ1) is 12.9. The van der Waals surface area contributed by atoms with Crippen molar-refractivity contribution in [3.05, 3.63) is 53.3 Å². The number of anilines is 3. The molecule has 19 heavy (non-hydrogen) atoms. The number of carboxylic acids is 1. The van der Waals surface area contributed by atoms with Gasteiger partial charge in [0.25, 0.3) is 0 Å². The van der Waals surface area contributed by atoms with Crippen molar-refractivity contribution in [2.24, 2.45) is 0 Å². The first-order chi connectivity index (χ1) is 8.99. The lowest BCUT2D eigenvalue weighted by Crippen LogP contribution is -2.04. The zero-order chi connectivity index (χ0) is 14.0. The second kappa shape index (κ2) is 4.97. The van der Waals surface area contributed by atoms with Gasteiger partial charge in [-0.1, -0.05) is 6.07 Å². The van der Waals surface area contributed by atoms with Crippen LogP contribution in [0.1, 0.15) is 15.9 Å².